The Morgan fingerprint density at radius 3 is 2.55 bits per heavy atom. The molecule has 0 saturated heterocycles. The summed E-state index contributed by atoms with van der Waals surface area (Å²) in [5.41, 5.74) is 3.52. The third-order valence-corrected chi connectivity index (χ3v) is 6.94. The van der Waals surface area contributed by atoms with E-state index in [0.717, 1.165) is 4.90 Å². The molecule has 1 heterocycles. The lowest BCUT2D eigenvalue weighted by Gasteiger charge is -2.26. The molecule has 174 valence electrons. The number of hydrogen-bond donors (Lipinski definition) is 1. The second-order valence-corrected chi connectivity index (χ2v) is 10.6. The number of allylic oxidation sites excluding steroid dienone is 1. The lowest BCUT2D eigenvalue weighted by atomic mass is 9.87. The number of carbonyl (C=O) groups excluding carboxylic acids is 2. The highest BCUT2D eigenvalue weighted by molar-refractivity contribution is 8.00. The molecule has 1 atom stereocenters. The summed E-state index contributed by atoms with van der Waals surface area (Å²) in [5.74, 6) is -0.108. The zero-order valence-electron chi connectivity index (χ0n) is 19.7. The molecule has 1 amide bonds. The van der Waals surface area contributed by atoms with Gasteiger partial charge in [-0.15, -0.1) is 0 Å². The van der Waals surface area contributed by atoms with E-state index in [1.807, 2.05) is 25.1 Å². The van der Waals surface area contributed by atoms with E-state index in [2.05, 4.69) is 42.6 Å². The molecular weight excluding hydrogens is 454 g/mol. The highest BCUT2D eigenvalue weighted by Crippen LogP contribution is 2.32. The van der Waals surface area contributed by atoms with E-state index in [1.165, 1.54) is 23.1 Å². The maximum absolute atomic E-state index is 13.4. The third-order valence-electron chi connectivity index (χ3n) is 5.78. The molecule has 0 aliphatic carbocycles. The number of dihydropyridines is 1. The standard InChI is InChI=1S/C26H30ClN3O2S/c1-17-12-13-28-14-18(17)15-30(5)25(32)24-21(16-31)22(27)10-11-23(24)29-33-20-8-6-19(7-9-20)26(2,3)4/h6-13,16,18,29H,14-15H2,1-5H3. The molecule has 0 spiro atoms. The summed E-state index contributed by atoms with van der Waals surface area (Å²) in [6, 6.07) is 11.7. The minimum Gasteiger partial charge on any atom is -0.341 e. The Hall–Kier alpha value is -2.57. The molecule has 0 fully saturated rings. The predicted octanol–water partition coefficient (Wildman–Crippen LogP) is 6.29. The van der Waals surface area contributed by atoms with Crippen molar-refractivity contribution in [2.24, 2.45) is 10.9 Å². The minimum atomic E-state index is -0.256. The number of nitrogens with one attached hydrogen (secondary N) is 1. The quantitative estimate of drug-likeness (QED) is 0.371. The van der Waals surface area contributed by atoms with Gasteiger partial charge in [0.15, 0.2) is 6.29 Å². The highest BCUT2D eigenvalue weighted by atomic mass is 35.5. The summed E-state index contributed by atoms with van der Waals surface area (Å²) >= 11 is 7.67. The van der Waals surface area contributed by atoms with Gasteiger partial charge in [-0.25, -0.2) is 0 Å². The molecule has 33 heavy (non-hydrogen) atoms. The van der Waals surface area contributed by atoms with Crippen LogP contribution in [-0.2, 0) is 5.41 Å². The van der Waals surface area contributed by atoms with Crippen molar-refractivity contribution < 1.29 is 9.59 Å². The Balaban J connectivity index is 1.83. The van der Waals surface area contributed by atoms with Crippen molar-refractivity contribution >= 4 is 47.6 Å². The third kappa shape index (κ3) is 6.06. The van der Waals surface area contributed by atoms with Crippen LogP contribution in [0.4, 0.5) is 5.69 Å². The Morgan fingerprint density at radius 2 is 1.94 bits per heavy atom. The predicted molar refractivity (Wildman–Crippen MR) is 139 cm³/mol. The van der Waals surface area contributed by atoms with Crippen molar-refractivity contribution in [2.75, 3.05) is 24.9 Å². The number of halogens is 1. The van der Waals surface area contributed by atoms with Gasteiger partial charge in [-0.05, 0) is 60.2 Å². The van der Waals surface area contributed by atoms with Crippen molar-refractivity contribution in [3.05, 3.63) is 69.8 Å². The molecule has 3 rings (SSSR count). The molecule has 0 radical (unpaired) electrons. The molecular formula is C26H30ClN3O2S. The molecule has 1 N–H and O–H groups in total. The van der Waals surface area contributed by atoms with Gasteiger partial charge < -0.3 is 9.62 Å². The summed E-state index contributed by atoms with van der Waals surface area (Å²) in [7, 11) is 1.74. The van der Waals surface area contributed by atoms with Crippen LogP contribution in [0.3, 0.4) is 0 Å². The van der Waals surface area contributed by atoms with Crippen LogP contribution in [-0.4, -0.2) is 43.4 Å². The number of nitrogens with zero attached hydrogens (tertiary/aromatic N) is 2. The van der Waals surface area contributed by atoms with Gasteiger partial charge in [-0.3, -0.25) is 14.6 Å². The van der Waals surface area contributed by atoms with Crippen LogP contribution in [0.25, 0.3) is 0 Å². The van der Waals surface area contributed by atoms with Crippen LogP contribution < -0.4 is 4.72 Å². The largest absolute Gasteiger partial charge is 0.341 e. The van der Waals surface area contributed by atoms with Crippen molar-refractivity contribution in [1.29, 1.82) is 0 Å². The number of rotatable bonds is 7. The number of aldehydes is 1. The number of carbonyl (C=O) groups is 2. The van der Waals surface area contributed by atoms with Crippen LogP contribution in [0.15, 0.2) is 57.9 Å². The number of benzene rings is 2. The Bertz CT molecular complexity index is 1090. The van der Waals surface area contributed by atoms with Crippen LogP contribution in [0, 0.1) is 5.92 Å². The van der Waals surface area contributed by atoms with Crippen molar-refractivity contribution in [3.8, 4) is 0 Å². The minimum absolute atomic E-state index is 0.0764. The SMILES string of the molecule is CC1=CC=NCC1CN(C)C(=O)c1c(NSc2ccc(C(C)(C)C)cc2)ccc(Cl)c1C=O. The first-order valence-corrected chi connectivity index (χ1v) is 12.0. The van der Waals surface area contributed by atoms with Crippen LogP contribution in [0.2, 0.25) is 5.02 Å². The van der Waals surface area contributed by atoms with E-state index in [-0.39, 0.29) is 33.4 Å². The zero-order valence-corrected chi connectivity index (χ0v) is 21.3. The monoisotopic (exact) mass is 483 g/mol. The number of amides is 1. The summed E-state index contributed by atoms with van der Waals surface area (Å²) in [6.07, 6.45) is 4.41. The Labute approximate surface area is 205 Å². The van der Waals surface area contributed by atoms with E-state index >= 15 is 0 Å². The maximum Gasteiger partial charge on any atom is 0.256 e. The first-order valence-electron chi connectivity index (χ1n) is 10.8. The topological polar surface area (TPSA) is 61.8 Å². The highest BCUT2D eigenvalue weighted by Gasteiger charge is 2.25. The van der Waals surface area contributed by atoms with Gasteiger partial charge in [0.25, 0.3) is 5.91 Å². The van der Waals surface area contributed by atoms with Gasteiger partial charge >= 0.3 is 0 Å². The Morgan fingerprint density at radius 1 is 1.24 bits per heavy atom. The van der Waals surface area contributed by atoms with Crippen molar-refractivity contribution in [1.82, 2.24) is 4.90 Å². The molecule has 1 aliphatic rings. The molecule has 2 aromatic carbocycles. The van der Waals surface area contributed by atoms with Gasteiger partial charge in [0.2, 0.25) is 0 Å². The average Bonchev–Trinajstić information content (AvgIpc) is 2.78. The molecule has 7 heteroatoms. The molecule has 0 bridgehead atoms. The molecule has 1 unspecified atom stereocenters. The number of anilines is 1. The first-order chi connectivity index (χ1) is 15.6. The van der Waals surface area contributed by atoms with E-state index in [1.54, 1.807) is 30.3 Å². The van der Waals surface area contributed by atoms with E-state index in [4.69, 9.17) is 11.6 Å². The lowest BCUT2D eigenvalue weighted by Crippen LogP contribution is -2.34. The maximum atomic E-state index is 13.4. The van der Waals surface area contributed by atoms with E-state index in [9.17, 15) is 9.59 Å². The summed E-state index contributed by atoms with van der Waals surface area (Å²) in [4.78, 5) is 32.2. The second-order valence-electron chi connectivity index (χ2n) is 9.29. The van der Waals surface area contributed by atoms with Gasteiger partial charge in [0.1, 0.15) is 0 Å². The first kappa shape index (κ1) is 25.1. The van der Waals surface area contributed by atoms with Gasteiger partial charge in [0.05, 0.1) is 16.3 Å². The molecule has 0 saturated carbocycles. The van der Waals surface area contributed by atoms with E-state index < -0.39 is 0 Å². The second kappa shape index (κ2) is 10.6. The Kier molecular flexibility index (Phi) is 8.03. The smallest absolute Gasteiger partial charge is 0.256 e. The lowest BCUT2D eigenvalue weighted by molar-refractivity contribution is 0.0778. The van der Waals surface area contributed by atoms with Crippen molar-refractivity contribution in [2.45, 2.75) is 38.0 Å². The normalized spacial score (nSPS) is 15.7. The summed E-state index contributed by atoms with van der Waals surface area (Å²) < 4.78 is 3.25. The van der Waals surface area contributed by atoms with Gasteiger partial charge in [-0.1, -0.05) is 50.1 Å². The summed E-state index contributed by atoms with van der Waals surface area (Å²) in [6.45, 7) is 9.71. The van der Waals surface area contributed by atoms with Crippen molar-refractivity contribution in [3.63, 3.8) is 0 Å². The fraction of sp³-hybridized carbons (Fsp3) is 0.346. The number of aliphatic imine (C=N–C) groups is 1. The summed E-state index contributed by atoms with van der Waals surface area (Å²) in [5, 5.41) is 0.255. The van der Waals surface area contributed by atoms with Gasteiger partial charge in [0, 0.05) is 42.7 Å². The van der Waals surface area contributed by atoms with Crippen LogP contribution in [0.1, 0.15) is 54.0 Å². The fourth-order valence-corrected chi connectivity index (χ4v) is 4.48. The fourth-order valence-electron chi connectivity index (χ4n) is 3.61. The van der Waals surface area contributed by atoms with Crippen LogP contribution >= 0.6 is 23.5 Å². The average molecular weight is 484 g/mol. The molecule has 0 aromatic heterocycles. The molecule has 5 nitrogen and oxygen atoms in total. The molecule has 2 aromatic rings. The number of hydrogen-bond acceptors (Lipinski definition) is 5. The zero-order chi connectivity index (χ0) is 24.2. The molecule has 1 aliphatic heterocycles. The van der Waals surface area contributed by atoms with Gasteiger partial charge in [-0.2, -0.15) is 0 Å². The van der Waals surface area contributed by atoms with E-state index in [0.29, 0.717) is 25.1 Å². The van der Waals surface area contributed by atoms with Crippen LogP contribution in [0.5, 0.6) is 0 Å².